The van der Waals surface area contributed by atoms with Gasteiger partial charge in [-0.05, 0) is 24.3 Å². The zero-order valence-electron chi connectivity index (χ0n) is 18.1. The Morgan fingerprint density at radius 2 is 1.77 bits per heavy atom. The van der Waals surface area contributed by atoms with Crippen LogP contribution in [-0.4, -0.2) is 48.3 Å². The van der Waals surface area contributed by atoms with Crippen LogP contribution in [0.25, 0.3) is 5.52 Å². The standard InChI is InChI=1S/C21H22N6O6S.ClH/c22-21(23)25-10-13-6-7-15-8-14(9-18(28)27(15)12-13)19(29)24-11-17(20(30)31)26-34(32,33)16-4-2-1-3-5-16;/h1-9,12,17,26H,10-11H2,(H,24,29)(H,30,31)(H4,22,23,25);1H/t17-;/m0./s1. The number of guanidine groups is 1. The second-order valence-corrected chi connectivity index (χ2v) is 8.97. The van der Waals surface area contributed by atoms with Crippen LogP contribution in [0.4, 0.5) is 0 Å². The molecule has 12 nitrogen and oxygen atoms in total. The van der Waals surface area contributed by atoms with E-state index in [0.717, 1.165) is 11.6 Å². The van der Waals surface area contributed by atoms with E-state index in [4.69, 9.17) is 11.5 Å². The molecule has 14 heteroatoms. The van der Waals surface area contributed by atoms with Gasteiger partial charge in [-0.1, -0.05) is 24.3 Å². The molecule has 0 saturated heterocycles. The number of benzene rings is 1. The Bertz CT molecular complexity index is 1420. The van der Waals surface area contributed by atoms with Crippen LogP contribution in [-0.2, 0) is 21.4 Å². The topological polar surface area (TPSA) is 200 Å². The van der Waals surface area contributed by atoms with E-state index in [0.29, 0.717) is 12.1 Å². The number of nitrogens with one attached hydrogen (secondary N) is 3. The molecule has 3 aromatic rings. The minimum atomic E-state index is -4.12. The fourth-order valence-corrected chi connectivity index (χ4v) is 4.25. The predicted molar refractivity (Wildman–Crippen MR) is 122 cm³/mol. The first-order valence-corrected chi connectivity index (χ1v) is 11.4. The summed E-state index contributed by atoms with van der Waals surface area (Å²) in [6.07, 6.45) is 1.56. The third-order valence-corrected chi connectivity index (χ3v) is 6.22. The molecule has 0 spiro atoms. The van der Waals surface area contributed by atoms with E-state index in [-0.39, 0.29) is 28.8 Å². The number of carboxylic acid groups (broad SMARTS) is 1. The van der Waals surface area contributed by atoms with Gasteiger partial charge in [-0.15, -0.1) is 0 Å². The number of sulfonamides is 1. The van der Waals surface area contributed by atoms with Gasteiger partial charge in [-0.25, -0.2) is 8.42 Å². The monoisotopic (exact) mass is 522 g/mol. The summed E-state index contributed by atoms with van der Waals surface area (Å²) in [6, 6.07) is 11.5. The summed E-state index contributed by atoms with van der Waals surface area (Å²) in [6.45, 7) is -0.246. The van der Waals surface area contributed by atoms with Crippen LogP contribution in [0, 0.1) is 0 Å². The number of amides is 1. The molecule has 186 valence electrons. The van der Waals surface area contributed by atoms with Gasteiger partial charge in [0.15, 0.2) is 0 Å². The Kier molecular flexibility index (Phi) is 8.94. The van der Waals surface area contributed by atoms with Crippen LogP contribution in [0.2, 0.25) is 0 Å². The Morgan fingerprint density at radius 3 is 2.40 bits per heavy atom. The van der Waals surface area contributed by atoms with E-state index >= 15 is 0 Å². The number of carbonyl (C=O) groups excluding carboxylic acids is 1. The van der Waals surface area contributed by atoms with Crippen molar-refractivity contribution in [1.82, 2.24) is 14.4 Å². The maximum Gasteiger partial charge on any atom is 0.339 e. The van der Waals surface area contributed by atoms with Crippen molar-refractivity contribution in [2.24, 2.45) is 11.5 Å². The number of pyridine rings is 2. The highest BCUT2D eigenvalue weighted by Gasteiger charge is 2.26. The number of hydrogen-bond acceptors (Lipinski definition) is 5. The Balaban J connectivity index is 0.00000432. The summed E-state index contributed by atoms with van der Waals surface area (Å²) in [7, 11) is -4.12. The summed E-state index contributed by atoms with van der Waals surface area (Å²) in [5, 5.41) is 11.8. The SMILES string of the molecule is NC(N)=[NH+]Cc1ccc2cc(C(=O)NC[C@H](NS(=O)(=O)c3ccccc3)C(=O)O)cc(=O)n2c1.[Cl-]. The smallest absolute Gasteiger partial charge is 0.339 e. The number of nitrogens with two attached hydrogens (primary N) is 2. The molecule has 0 aliphatic heterocycles. The van der Waals surface area contributed by atoms with E-state index in [1.54, 1.807) is 24.4 Å². The Labute approximate surface area is 206 Å². The lowest BCUT2D eigenvalue weighted by molar-refractivity contribution is -0.477. The average Bonchev–Trinajstić information content (AvgIpc) is 2.80. The summed E-state index contributed by atoms with van der Waals surface area (Å²) >= 11 is 0. The fraction of sp³-hybridized carbons (Fsp3) is 0.143. The zero-order valence-corrected chi connectivity index (χ0v) is 19.7. The number of aliphatic carboxylic acids is 1. The minimum Gasteiger partial charge on any atom is -1.00 e. The van der Waals surface area contributed by atoms with Crippen LogP contribution in [0.3, 0.4) is 0 Å². The number of rotatable bonds is 9. The molecule has 1 aromatic carbocycles. The summed E-state index contributed by atoms with van der Waals surface area (Å²) < 4.78 is 28.2. The second kappa shape index (κ2) is 11.5. The molecule has 3 rings (SSSR count). The van der Waals surface area contributed by atoms with Crippen molar-refractivity contribution in [3.63, 3.8) is 0 Å². The van der Waals surface area contributed by atoms with Gasteiger partial charge in [-0.3, -0.25) is 35.2 Å². The minimum absolute atomic E-state index is 0. The van der Waals surface area contributed by atoms with Gasteiger partial charge >= 0.3 is 11.9 Å². The lowest BCUT2D eigenvalue weighted by atomic mass is 10.2. The lowest BCUT2D eigenvalue weighted by Crippen LogP contribution is -3.00. The van der Waals surface area contributed by atoms with Crippen molar-refractivity contribution < 1.29 is 40.5 Å². The number of halogens is 1. The van der Waals surface area contributed by atoms with E-state index in [9.17, 15) is 27.9 Å². The molecule has 2 heterocycles. The molecule has 0 aliphatic carbocycles. The zero-order chi connectivity index (χ0) is 24.9. The highest BCUT2D eigenvalue weighted by atomic mass is 35.5. The largest absolute Gasteiger partial charge is 1.00 e. The van der Waals surface area contributed by atoms with Gasteiger partial charge in [0, 0.05) is 35.5 Å². The third kappa shape index (κ3) is 7.02. The quantitative estimate of drug-likeness (QED) is 0.118. The second-order valence-electron chi connectivity index (χ2n) is 7.26. The van der Waals surface area contributed by atoms with Crippen molar-refractivity contribution in [3.05, 3.63) is 82.3 Å². The molecule has 0 aliphatic rings. The Hall–Kier alpha value is -3.94. The summed E-state index contributed by atoms with van der Waals surface area (Å²) in [4.78, 5) is 39.3. The van der Waals surface area contributed by atoms with E-state index in [2.05, 4.69) is 10.3 Å². The van der Waals surface area contributed by atoms with E-state index in [1.807, 2.05) is 4.72 Å². The fourth-order valence-electron chi connectivity index (χ4n) is 3.04. The molecule has 0 saturated carbocycles. The maximum absolute atomic E-state index is 12.6. The van der Waals surface area contributed by atoms with E-state index < -0.39 is 40.0 Å². The maximum atomic E-state index is 12.6. The predicted octanol–water partition coefficient (Wildman–Crippen LogP) is -5.68. The van der Waals surface area contributed by atoms with Crippen molar-refractivity contribution >= 4 is 33.4 Å². The highest BCUT2D eigenvalue weighted by Crippen LogP contribution is 2.09. The van der Waals surface area contributed by atoms with Gasteiger partial charge in [0.2, 0.25) is 10.0 Å². The van der Waals surface area contributed by atoms with Crippen molar-refractivity contribution in [2.75, 3.05) is 6.54 Å². The summed E-state index contributed by atoms with van der Waals surface area (Å²) in [5.41, 5.74) is 11.4. The number of fused-ring (bicyclic) bond motifs is 1. The number of carboxylic acids is 1. The van der Waals surface area contributed by atoms with Gasteiger partial charge < -0.3 is 22.8 Å². The van der Waals surface area contributed by atoms with Crippen LogP contribution >= 0.6 is 0 Å². The average molecular weight is 523 g/mol. The Morgan fingerprint density at radius 1 is 1.09 bits per heavy atom. The van der Waals surface area contributed by atoms with Crippen LogP contribution in [0.5, 0.6) is 0 Å². The lowest BCUT2D eigenvalue weighted by Gasteiger charge is -2.16. The third-order valence-electron chi connectivity index (χ3n) is 4.74. The van der Waals surface area contributed by atoms with Crippen molar-refractivity contribution in [1.29, 1.82) is 0 Å². The number of carbonyl (C=O) groups is 2. The van der Waals surface area contributed by atoms with Gasteiger partial charge in [0.25, 0.3) is 11.5 Å². The van der Waals surface area contributed by atoms with E-state index in [1.165, 1.54) is 34.7 Å². The number of nitrogens with zero attached hydrogens (tertiary/aromatic N) is 1. The molecule has 0 unspecified atom stereocenters. The first-order valence-electron chi connectivity index (χ1n) is 9.92. The summed E-state index contributed by atoms with van der Waals surface area (Å²) in [5.74, 6) is -2.18. The molecule has 0 fully saturated rings. The van der Waals surface area contributed by atoms with Crippen molar-refractivity contribution in [3.8, 4) is 0 Å². The number of hydrogen-bond donors (Lipinski definition) is 6. The molecule has 35 heavy (non-hydrogen) atoms. The normalized spacial score (nSPS) is 11.8. The highest BCUT2D eigenvalue weighted by molar-refractivity contribution is 7.89. The molecule has 0 radical (unpaired) electrons. The van der Waals surface area contributed by atoms with Crippen LogP contribution < -0.4 is 44.5 Å². The van der Waals surface area contributed by atoms with Crippen LogP contribution in [0.15, 0.2) is 70.5 Å². The van der Waals surface area contributed by atoms with Gasteiger partial charge in [-0.2, -0.15) is 4.72 Å². The number of aromatic nitrogens is 1. The van der Waals surface area contributed by atoms with Crippen molar-refractivity contribution in [2.45, 2.75) is 17.5 Å². The molecule has 8 N–H and O–H groups in total. The first kappa shape index (κ1) is 27.3. The molecule has 1 atom stereocenters. The molecular formula is C21H23ClN6O6S. The molecule has 0 bridgehead atoms. The van der Waals surface area contributed by atoms with Crippen LogP contribution in [0.1, 0.15) is 15.9 Å². The van der Waals surface area contributed by atoms with Gasteiger partial charge in [0.05, 0.1) is 11.4 Å². The first-order chi connectivity index (χ1) is 16.1. The van der Waals surface area contributed by atoms with Gasteiger partial charge in [0.1, 0.15) is 6.04 Å². The molecule has 1 amide bonds. The molecule has 2 aromatic heterocycles. The molecular weight excluding hydrogens is 500 g/mol.